The predicted molar refractivity (Wildman–Crippen MR) is 89.2 cm³/mol. The maximum atomic E-state index is 10.4. The van der Waals surface area contributed by atoms with Crippen molar-refractivity contribution in [1.82, 2.24) is 0 Å². The highest BCUT2D eigenvalue weighted by Gasteiger charge is 2.16. The van der Waals surface area contributed by atoms with Gasteiger partial charge in [-0.15, -0.1) is 0 Å². The highest BCUT2D eigenvalue weighted by atomic mass is 16.3. The number of hydrogen-bond donors (Lipinski definition) is 2. The summed E-state index contributed by atoms with van der Waals surface area (Å²) in [6.07, 6.45) is 0.623. The van der Waals surface area contributed by atoms with Crippen LogP contribution in [-0.2, 0) is 6.42 Å². The summed E-state index contributed by atoms with van der Waals surface area (Å²) in [4.78, 5) is 0. The van der Waals surface area contributed by atoms with Gasteiger partial charge in [-0.25, -0.2) is 0 Å². The minimum Gasteiger partial charge on any atom is -0.508 e. The highest BCUT2D eigenvalue weighted by molar-refractivity contribution is 5.76. The summed E-state index contributed by atoms with van der Waals surface area (Å²) < 4.78 is 0. The summed E-state index contributed by atoms with van der Waals surface area (Å²) in [5.41, 5.74) is 4.65. The Morgan fingerprint density at radius 2 is 1.36 bits per heavy atom. The minimum atomic E-state index is 0.119. The van der Waals surface area contributed by atoms with E-state index in [0.717, 1.165) is 27.8 Å². The molecule has 3 aromatic rings. The standard InChI is InChI=1S/C20H18O2/c1-14-18(21)13-19(22)17(12-15-8-4-2-5-9-15)20(14)16-10-6-3-7-11-16/h2-11,13,21-22H,12H2,1H3. The van der Waals surface area contributed by atoms with E-state index in [-0.39, 0.29) is 11.5 Å². The molecule has 0 amide bonds. The van der Waals surface area contributed by atoms with Gasteiger partial charge >= 0.3 is 0 Å². The largest absolute Gasteiger partial charge is 0.508 e. The van der Waals surface area contributed by atoms with E-state index in [9.17, 15) is 10.2 Å². The lowest BCUT2D eigenvalue weighted by atomic mass is 9.90. The Morgan fingerprint density at radius 3 is 2.00 bits per heavy atom. The molecule has 0 unspecified atom stereocenters. The van der Waals surface area contributed by atoms with Crippen LogP contribution in [0.2, 0.25) is 0 Å². The quantitative estimate of drug-likeness (QED) is 0.736. The molecule has 22 heavy (non-hydrogen) atoms. The van der Waals surface area contributed by atoms with E-state index in [0.29, 0.717) is 6.42 Å². The molecule has 2 nitrogen and oxygen atoms in total. The van der Waals surface area contributed by atoms with Crippen LogP contribution in [0.15, 0.2) is 66.7 Å². The van der Waals surface area contributed by atoms with E-state index >= 15 is 0 Å². The monoisotopic (exact) mass is 290 g/mol. The van der Waals surface area contributed by atoms with Gasteiger partial charge in [0.2, 0.25) is 0 Å². The Labute approximate surface area is 130 Å². The summed E-state index contributed by atoms with van der Waals surface area (Å²) in [6, 6.07) is 21.3. The topological polar surface area (TPSA) is 40.5 Å². The van der Waals surface area contributed by atoms with Gasteiger partial charge in [0.25, 0.3) is 0 Å². The Balaban J connectivity index is 2.18. The average Bonchev–Trinajstić information content (AvgIpc) is 2.55. The zero-order valence-corrected chi connectivity index (χ0v) is 12.5. The third-order valence-electron chi connectivity index (χ3n) is 3.93. The van der Waals surface area contributed by atoms with Gasteiger partial charge in [0.15, 0.2) is 0 Å². The van der Waals surface area contributed by atoms with Gasteiger partial charge in [-0.3, -0.25) is 0 Å². The second-order valence-electron chi connectivity index (χ2n) is 5.42. The molecule has 0 saturated heterocycles. The molecular formula is C20H18O2. The lowest BCUT2D eigenvalue weighted by Crippen LogP contribution is -1.96. The molecule has 2 heteroatoms. The molecule has 110 valence electrons. The molecule has 2 N–H and O–H groups in total. The van der Waals surface area contributed by atoms with Crippen LogP contribution in [0.3, 0.4) is 0 Å². The molecule has 0 aromatic heterocycles. The van der Waals surface area contributed by atoms with Crippen molar-refractivity contribution in [1.29, 1.82) is 0 Å². The maximum Gasteiger partial charge on any atom is 0.123 e. The summed E-state index contributed by atoms with van der Waals surface area (Å²) >= 11 is 0. The van der Waals surface area contributed by atoms with E-state index in [1.165, 1.54) is 6.07 Å². The number of aromatic hydroxyl groups is 2. The van der Waals surface area contributed by atoms with Gasteiger partial charge in [0, 0.05) is 18.1 Å². The Morgan fingerprint density at radius 1 is 0.773 bits per heavy atom. The second-order valence-corrected chi connectivity index (χ2v) is 5.42. The average molecular weight is 290 g/mol. The number of hydrogen-bond acceptors (Lipinski definition) is 2. The highest BCUT2D eigenvalue weighted by Crippen LogP contribution is 2.39. The molecule has 0 heterocycles. The Kier molecular flexibility index (Phi) is 3.84. The zero-order valence-electron chi connectivity index (χ0n) is 12.5. The van der Waals surface area contributed by atoms with E-state index in [2.05, 4.69) is 0 Å². The van der Waals surface area contributed by atoms with Gasteiger partial charge < -0.3 is 10.2 Å². The fraction of sp³-hybridized carbons (Fsp3) is 0.100. The second kappa shape index (κ2) is 5.94. The van der Waals surface area contributed by atoms with Crippen LogP contribution in [0, 0.1) is 6.92 Å². The van der Waals surface area contributed by atoms with Crippen molar-refractivity contribution in [3.63, 3.8) is 0 Å². The summed E-state index contributed by atoms with van der Waals surface area (Å²) in [5.74, 6) is 0.249. The molecule has 0 spiro atoms. The van der Waals surface area contributed by atoms with Crippen molar-refractivity contribution in [2.45, 2.75) is 13.3 Å². The molecule has 0 aliphatic rings. The minimum absolute atomic E-state index is 0.119. The van der Waals surface area contributed by atoms with Gasteiger partial charge in [-0.05, 0) is 29.2 Å². The van der Waals surface area contributed by atoms with Crippen LogP contribution in [0.1, 0.15) is 16.7 Å². The lowest BCUT2D eigenvalue weighted by molar-refractivity contribution is 0.445. The zero-order chi connectivity index (χ0) is 15.5. The first-order valence-corrected chi connectivity index (χ1v) is 7.30. The Bertz CT molecular complexity index is 778. The molecular weight excluding hydrogens is 272 g/mol. The molecule has 3 aromatic carbocycles. The first-order chi connectivity index (χ1) is 10.7. The van der Waals surface area contributed by atoms with E-state index in [4.69, 9.17) is 0 Å². The van der Waals surface area contributed by atoms with Crippen LogP contribution in [0.4, 0.5) is 0 Å². The fourth-order valence-electron chi connectivity index (χ4n) is 2.78. The third-order valence-corrected chi connectivity index (χ3v) is 3.93. The summed E-state index contributed by atoms with van der Waals surface area (Å²) in [6.45, 7) is 1.88. The van der Waals surface area contributed by atoms with E-state index in [1.807, 2.05) is 67.6 Å². The van der Waals surface area contributed by atoms with Crippen molar-refractivity contribution >= 4 is 0 Å². The van der Waals surface area contributed by atoms with Gasteiger partial charge in [0.05, 0.1) is 0 Å². The first-order valence-electron chi connectivity index (χ1n) is 7.30. The van der Waals surface area contributed by atoms with Crippen molar-refractivity contribution < 1.29 is 10.2 Å². The van der Waals surface area contributed by atoms with E-state index < -0.39 is 0 Å². The number of phenolic OH excluding ortho intramolecular Hbond substituents is 2. The van der Waals surface area contributed by atoms with E-state index in [1.54, 1.807) is 0 Å². The summed E-state index contributed by atoms with van der Waals surface area (Å²) in [5, 5.41) is 20.4. The third kappa shape index (κ3) is 2.68. The molecule has 0 atom stereocenters. The van der Waals surface area contributed by atoms with Crippen molar-refractivity contribution in [2.24, 2.45) is 0 Å². The molecule has 0 fully saturated rings. The van der Waals surface area contributed by atoms with Crippen LogP contribution in [0.25, 0.3) is 11.1 Å². The first kappa shape index (κ1) is 14.2. The van der Waals surface area contributed by atoms with Gasteiger partial charge in [-0.1, -0.05) is 60.7 Å². The van der Waals surface area contributed by atoms with Crippen LogP contribution >= 0.6 is 0 Å². The number of benzene rings is 3. The lowest BCUT2D eigenvalue weighted by Gasteiger charge is -2.16. The van der Waals surface area contributed by atoms with Crippen molar-refractivity contribution in [3.8, 4) is 22.6 Å². The molecule has 0 aliphatic carbocycles. The molecule has 0 aliphatic heterocycles. The number of phenols is 2. The normalized spacial score (nSPS) is 10.6. The molecule has 0 bridgehead atoms. The smallest absolute Gasteiger partial charge is 0.123 e. The Hall–Kier alpha value is -2.74. The SMILES string of the molecule is Cc1c(O)cc(O)c(Cc2ccccc2)c1-c1ccccc1. The van der Waals surface area contributed by atoms with Crippen molar-refractivity contribution in [2.75, 3.05) is 0 Å². The molecule has 3 rings (SSSR count). The van der Waals surface area contributed by atoms with Crippen LogP contribution in [0.5, 0.6) is 11.5 Å². The molecule has 0 radical (unpaired) electrons. The fourth-order valence-corrected chi connectivity index (χ4v) is 2.78. The predicted octanol–water partition coefficient (Wildman–Crippen LogP) is 4.66. The van der Waals surface area contributed by atoms with Gasteiger partial charge in [-0.2, -0.15) is 0 Å². The summed E-state index contributed by atoms with van der Waals surface area (Å²) in [7, 11) is 0. The van der Waals surface area contributed by atoms with Crippen LogP contribution in [-0.4, -0.2) is 10.2 Å². The van der Waals surface area contributed by atoms with Crippen molar-refractivity contribution in [3.05, 3.63) is 83.4 Å². The number of rotatable bonds is 3. The maximum absolute atomic E-state index is 10.4. The molecule has 0 saturated carbocycles. The van der Waals surface area contributed by atoms with Crippen LogP contribution < -0.4 is 0 Å². The van der Waals surface area contributed by atoms with Gasteiger partial charge in [0.1, 0.15) is 11.5 Å².